The van der Waals surface area contributed by atoms with E-state index >= 15 is 0 Å². The maximum Gasteiger partial charge on any atom is 0.169 e. The van der Waals surface area contributed by atoms with E-state index in [2.05, 4.69) is 9.97 Å². The van der Waals surface area contributed by atoms with Gasteiger partial charge in [-0.05, 0) is 30.3 Å². The maximum atomic E-state index is 12.7. The predicted molar refractivity (Wildman–Crippen MR) is 116 cm³/mol. The van der Waals surface area contributed by atoms with Gasteiger partial charge in [-0.3, -0.25) is 4.79 Å². The molecule has 1 atom stereocenters. The van der Waals surface area contributed by atoms with Crippen LogP contribution in [-0.4, -0.2) is 41.3 Å². The molecule has 0 aliphatic heterocycles. The van der Waals surface area contributed by atoms with Crippen molar-refractivity contribution in [3.8, 4) is 39.9 Å². The molecule has 0 fully saturated rings. The van der Waals surface area contributed by atoms with Gasteiger partial charge >= 0.3 is 0 Å². The van der Waals surface area contributed by atoms with Crippen LogP contribution in [0.3, 0.4) is 0 Å². The van der Waals surface area contributed by atoms with Gasteiger partial charge in [-0.15, -0.1) is 0 Å². The van der Waals surface area contributed by atoms with E-state index < -0.39 is 5.92 Å². The van der Waals surface area contributed by atoms with Crippen LogP contribution >= 0.6 is 0 Å². The Morgan fingerprint density at radius 2 is 1.28 bits per heavy atom. The van der Waals surface area contributed by atoms with Gasteiger partial charge in [0.25, 0.3) is 0 Å². The molecule has 3 aromatic carbocycles. The number of benzene rings is 3. The second-order valence-corrected chi connectivity index (χ2v) is 7.49. The average molecular weight is 428 g/mol. The van der Waals surface area contributed by atoms with Crippen molar-refractivity contribution in [3.05, 3.63) is 64.8 Å². The molecular formula is C24H16N2O6. The normalized spacial score (nSPS) is 15.1. The lowest BCUT2D eigenvalue weighted by atomic mass is 9.90. The van der Waals surface area contributed by atoms with Crippen LogP contribution in [0.4, 0.5) is 0 Å². The molecule has 32 heavy (non-hydrogen) atoms. The number of carbonyl (C=O) groups is 1. The van der Waals surface area contributed by atoms with Gasteiger partial charge in [0, 0.05) is 41.0 Å². The summed E-state index contributed by atoms with van der Waals surface area (Å²) in [5, 5.41) is 50.6. The number of hydrogen-bond donors (Lipinski definition) is 5. The van der Waals surface area contributed by atoms with E-state index in [1.54, 1.807) is 12.1 Å². The van der Waals surface area contributed by atoms with Crippen LogP contribution in [-0.2, 0) is 4.79 Å². The van der Waals surface area contributed by atoms with E-state index in [-0.39, 0.29) is 34.5 Å². The van der Waals surface area contributed by atoms with Gasteiger partial charge in [0.1, 0.15) is 28.7 Å². The quantitative estimate of drug-likeness (QED) is 0.325. The summed E-state index contributed by atoms with van der Waals surface area (Å²) >= 11 is 0. The highest BCUT2D eigenvalue weighted by atomic mass is 16.3. The van der Waals surface area contributed by atoms with Crippen LogP contribution in [0.5, 0.6) is 28.7 Å². The van der Waals surface area contributed by atoms with E-state index in [1.165, 1.54) is 42.5 Å². The monoisotopic (exact) mass is 428 g/mol. The van der Waals surface area contributed by atoms with Crippen LogP contribution in [0.15, 0.2) is 48.5 Å². The number of carbonyl (C=O) groups excluding carboxylic acids is 1. The van der Waals surface area contributed by atoms with E-state index in [1.807, 2.05) is 0 Å². The van der Waals surface area contributed by atoms with Gasteiger partial charge in [-0.25, -0.2) is 9.97 Å². The lowest BCUT2D eigenvalue weighted by molar-refractivity contribution is -0.113. The lowest BCUT2D eigenvalue weighted by Gasteiger charge is -2.15. The molecule has 8 heteroatoms. The standard InChI is InChI=1S/C24H16N2O6/c27-11-1-3-13(21(29)5-11)15-7-17-19(9-23(15)31)26-20-10-24(32)16(8-18(20)25-17)14-4-2-12(28)6-22(14)30/h1-10,15,27-30,32H. The first-order chi connectivity index (χ1) is 15.3. The summed E-state index contributed by atoms with van der Waals surface area (Å²) in [6, 6.07) is 11.0. The van der Waals surface area contributed by atoms with Crippen LogP contribution in [0.1, 0.15) is 11.5 Å². The summed E-state index contributed by atoms with van der Waals surface area (Å²) in [5.41, 5.74) is 1.70. The Balaban J connectivity index is 1.69. The first-order valence-corrected chi connectivity index (χ1v) is 9.62. The Labute approximate surface area is 180 Å². The smallest absolute Gasteiger partial charge is 0.169 e. The molecule has 0 saturated heterocycles. The number of phenolic OH excluding ortho intramolecular Hbond substituents is 5. The third-order valence-corrected chi connectivity index (χ3v) is 5.37. The highest BCUT2D eigenvalue weighted by Crippen LogP contribution is 2.38. The molecule has 0 bridgehead atoms. The average Bonchev–Trinajstić information content (AvgIpc) is 2.72. The van der Waals surface area contributed by atoms with Gasteiger partial charge in [0.15, 0.2) is 5.78 Å². The zero-order valence-electron chi connectivity index (χ0n) is 16.4. The van der Waals surface area contributed by atoms with E-state index in [4.69, 9.17) is 0 Å². The van der Waals surface area contributed by atoms with Crippen LogP contribution in [0, 0.1) is 0 Å². The Bertz CT molecular complexity index is 1560. The zero-order chi connectivity index (χ0) is 22.6. The molecular weight excluding hydrogens is 412 g/mol. The van der Waals surface area contributed by atoms with Gasteiger partial charge in [-0.2, -0.15) is 0 Å². The fraction of sp³-hybridized carbons (Fsp3) is 0.0417. The molecule has 0 spiro atoms. The first kappa shape index (κ1) is 19.4. The number of nitrogens with zero attached hydrogens (tertiary/aromatic N) is 2. The predicted octanol–water partition coefficient (Wildman–Crippen LogP) is 1.75. The molecule has 158 valence electrons. The summed E-state index contributed by atoms with van der Waals surface area (Å²) in [6.07, 6.45) is 2.91. The minimum absolute atomic E-state index is 0.112. The minimum Gasteiger partial charge on any atom is -0.508 e. The highest BCUT2D eigenvalue weighted by molar-refractivity contribution is 6.14. The topological polar surface area (TPSA) is 144 Å². The van der Waals surface area contributed by atoms with Crippen molar-refractivity contribution in [1.29, 1.82) is 0 Å². The van der Waals surface area contributed by atoms with Crippen molar-refractivity contribution >= 4 is 29.0 Å². The summed E-state index contributed by atoms with van der Waals surface area (Å²) < 4.78 is 0. The largest absolute Gasteiger partial charge is 0.508 e. The lowest BCUT2D eigenvalue weighted by Crippen LogP contribution is -2.37. The Hall–Kier alpha value is -4.59. The summed E-state index contributed by atoms with van der Waals surface area (Å²) in [4.78, 5) is 21.7. The number of ketones is 1. The summed E-state index contributed by atoms with van der Waals surface area (Å²) in [5.74, 6) is -1.90. The van der Waals surface area contributed by atoms with Crippen LogP contribution in [0.2, 0.25) is 0 Å². The van der Waals surface area contributed by atoms with Crippen LogP contribution < -0.4 is 10.7 Å². The van der Waals surface area contributed by atoms with Crippen molar-refractivity contribution in [2.45, 2.75) is 5.92 Å². The number of hydrogen-bond acceptors (Lipinski definition) is 8. The molecule has 1 heterocycles. The molecule has 1 unspecified atom stereocenters. The fourth-order valence-corrected chi connectivity index (χ4v) is 3.81. The number of phenols is 5. The third kappa shape index (κ3) is 3.14. The Kier molecular flexibility index (Phi) is 4.23. The Morgan fingerprint density at radius 1 is 0.656 bits per heavy atom. The van der Waals surface area contributed by atoms with Crippen LogP contribution in [0.25, 0.3) is 34.3 Å². The van der Waals surface area contributed by atoms with Crippen molar-refractivity contribution in [2.75, 3.05) is 0 Å². The minimum atomic E-state index is -0.799. The van der Waals surface area contributed by atoms with Crippen molar-refractivity contribution in [3.63, 3.8) is 0 Å². The second-order valence-electron chi connectivity index (χ2n) is 7.49. The zero-order valence-corrected chi connectivity index (χ0v) is 16.4. The van der Waals surface area contributed by atoms with Crippen molar-refractivity contribution in [2.24, 2.45) is 0 Å². The number of aromatic nitrogens is 2. The first-order valence-electron chi connectivity index (χ1n) is 9.62. The maximum absolute atomic E-state index is 12.7. The van der Waals surface area contributed by atoms with E-state index in [9.17, 15) is 30.3 Å². The summed E-state index contributed by atoms with van der Waals surface area (Å²) in [6.45, 7) is 0. The molecule has 1 aliphatic carbocycles. The van der Waals surface area contributed by atoms with Gasteiger partial charge < -0.3 is 25.5 Å². The number of rotatable bonds is 2. The molecule has 5 N–H and O–H groups in total. The molecule has 1 aliphatic rings. The molecule has 0 saturated carbocycles. The molecule has 1 aromatic heterocycles. The van der Waals surface area contributed by atoms with Crippen molar-refractivity contribution in [1.82, 2.24) is 9.97 Å². The SMILES string of the molecule is O=C1C=c2nc3cc(O)c(-c4ccc(O)cc4O)cc3nc2=CC1c1ccc(O)cc1O. The molecule has 8 nitrogen and oxygen atoms in total. The number of fused-ring (bicyclic) bond motifs is 2. The summed E-state index contributed by atoms with van der Waals surface area (Å²) in [7, 11) is 0. The second kappa shape index (κ2) is 6.98. The van der Waals surface area contributed by atoms with Crippen molar-refractivity contribution < 1.29 is 30.3 Å². The molecule has 4 aromatic rings. The third-order valence-electron chi connectivity index (χ3n) is 5.37. The van der Waals surface area contributed by atoms with Gasteiger partial charge in [0.05, 0.1) is 27.6 Å². The van der Waals surface area contributed by atoms with E-state index in [0.29, 0.717) is 38.4 Å². The molecule has 0 amide bonds. The van der Waals surface area contributed by atoms with E-state index in [0.717, 1.165) is 6.07 Å². The fourth-order valence-electron chi connectivity index (χ4n) is 3.81. The molecule has 0 radical (unpaired) electrons. The van der Waals surface area contributed by atoms with Gasteiger partial charge in [-0.1, -0.05) is 6.07 Å². The number of Topliss-reactive ketones (excluding diaryl/α,β-unsaturated/α-hetero) is 1. The van der Waals surface area contributed by atoms with Gasteiger partial charge in [0.2, 0.25) is 0 Å². The highest BCUT2D eigenvalue weighted by Gasteiger charge is 2.23. The number of aromatic hydroxyl groups is 5. The Morgan fingerprint density at radius 3 is 2.00 bits per heavy atom. The molecule has 5 rings (SSSR count).